The Labute approximate surface area is 80.3 Å². The van der Waals surface area contributed by atoms with Gasteiger partial charge in [-0.15, -0.1) is 11.6 Å². The van der Waals surface area contributed by atoms with Crippen LogP contribution in [0.15, 0.2) is 28.9 Å². The van der Waals surface area contributed by atoms with E-state index in [1.807, 2.05) is 12.1 Å². The maximum Gasteiger partial charge on any atom is 0.169 e. The van der Waals surface area contributed by atoms with Crippen molar-refractivity contribution in [1.82, 2.24) is 10.1 Å². The lowest BCUT2D eigenvalue weighted by atomic mass is 10.2. The third-order valence-electron chi connectivity index (χ3n) is 1.57. The molecule has 13 heavy (non-hydrogen) atoms. The summed E-state index contributed by atoms with van der Waals surface area (Å²) >= 11 is 5.58. The summed E-state index contributed by atoms with van der Waals surface area (Å²) in [5, 5.41) is 3.76. The Morgan fingerprint density at radius 3 is 3.08 bits per heavy atom. The van der Waals surface area contributed by atoms with E-state index in [0.717, 1.165) is 5.56 Å². The molecule has 0 aliphatic heterocycles. The van der Waals surface area contributed by atoms with Gasteiger partial charge in [-0.1, -0.05) is 5.16 Å². The maximum atomic E-state index is 5.58. The monoisotopic (exact) mass is 193 g/mol. The van der Waals surface area contributed by atoms with Crippen molar-refractivity contribution in [2.24, 2.45) is 0 Å². The lowest BCUT2D eigenvalue weighted by molar-refractivity contribution is 0.426. The van der Waals surface area contributed by atoms with Crippen LogP contribution in [0.2, 0.25) is 0 Å². The largest absolute Gasteiger partial charge is 0.356 e. The Kier molecular flexibility index (Phi) is 2.27. The number of pyridine rings is 1. The molecule has 0 unspecified atom stereocenters. The van der Waals surface area contributed by atoms with Crippen LogP contribution in [0, 0.1) is 6.20 Å². The fourth-order valence-electron chi connectivity index (χ4n) is 0.965. The van der Waals surface area contributed by atoms with Gasteiger partial charge in [0.2, 0.25) is 0 Å². The second-order valence-corrected chi connectivity index (χ2v) is 2.75. The lowest BCUT2D eigenvalue weighted by Crippen LogP contribution is -1.75. The summed E-state index contributed by atoms with van der Waals surface area (Å²) < 4.78 is 5.04. The predicted molar refractivity (Wildman–Crippen MR) is 48.1 cm³/mol. The molecule has 65 valence electrons. The minimum atomic E-state index is 0.351. The number of rotatable bonds is 2. The second kappa shape index (κ2) is 3.58. The Morgan fingerprint density at radius 2 is 2.46 bits per heavy atom. The van der Waals surface area contributed by atoms with Crippen LogP contribution >= 0.6 is 11.6 Å². The van der Waals surface area contributed by atoms with Crippen molar-refractivity contribution in [2.75, 3.05) is 0 Å². The zero-order valence-electron chi connectivity index (χ0n) is 6.70. The quantitative estimate of drug-likeness (QED) is 0.687. The first kappa shape index (κ1) is 8.26. The molecule has 2 aromatic rings. The van der Waals surface area contributed by atoms with E-state index in [1.54, 1.807) is 12.3 Å². The number of alkyl halides is 1. The summed E-state index contributed by atoms with van der Waals surface area (Å²) in [4.78, 5) is 3.85. The summed E-state index contributed by atoms with van der Waals surface area (Å²) in [5.74, 6) is 0.993. The summed E-state index contributed by atoms with van der Waals surface area (Å²) in [5.41, 5.74) is 1.50. The predicted octanol–water partition coefficient (Wildman–Crippen LogP) is 2.28. The van der Waals surface area contributed by atoms with Crippen LogP contribution in [0.25, 0.3) is 11.3 Å². The van der Waals surface area contributed by atoms with Gasteiger partial charge in [0.05, 0.1) is 11.6 Å². The van der Waals surface area contributed by atoms with Gasteiger partial charge in [-0.05, 0) is 12.1 Å². The van der Waals surface area contributed by atoms with Gasteiger partial charge in [-0.25, -0.2) is 0 Å². The Bertz CT molecular complexity index is 386. The molecule has 2 rings (SSSR count). The fraction of sp³-hybridized carbons (Fsp3) is 0.111. The zero-order valence-corrected chi connectivity index (χ0v) is 7.45. The summed E-state index contributed by atoms with van der Waals surface area (Å²) in [7, 11) is 0. The lowest BCUT2D eigenvalue weighted by Gasteiger charge is -1.89. The molecule has 4 heteroatoms. The highest BCUT2D eigenvalue weighted by atomic mass is 35.5. The minimum absolute atomic E-state index is 0.351. The standard InChI is InChI=1S/C9H6ClN2O/c10-5-8-4-9(13-12-8)7-2-1-3-11-6-7/h1-4H,5H2. The van der Waals surface area contributed by atoms with E-state index in [9.17, 15) is 0 Å². The molecule has 0 fully saturated rings. The average molecular weight is 194 g/mol. The molecule has 0 bridgehead atoms. The van der Waals surface area contributed by atoms with Crippen molar-refractivity contribution in [3.63, 3.8) is 0 Å². The highest BCUT2D eigenvalue weighted by Gasteiger charge is 2.05. The molecule has 0 amide bonds. The van der Waals surface area contributed by atoms with E-state index in [0.29, 0.717) is 17.3 Å². The molecule has 0 atom stereocenters. The number of hydrogen-bond acceptors (Lipinski definition) is 3. The molecule has 2 heterocycles. The molecule has 0 aromatic carbocycles. The third-order valence-corrected chi connectivity index (χ3v) is 1.84. The van der Waals surface area contributed by atoms with Crippen LogP contribution in [-0.2, 0) is 5.88 Å². The van der Waals surface area contributed by atoms with Gasteiger partial charge in [-0.3, -0.25) is 4.98 Å². The smallest absolute Gasteiger partial charge is 0.169 e. The summed E-state index contributed by atoms with van der Waals surface area (Å²) in [6, 6.07) is 5.45. The van der Waals surface area contributed by atoms with Gasteiger partial charge in [-0.2, -0.15) is 0 Å². The average Bonchev–Trinajstić information content (AvgIpc) is 2.67. The highest BCUT2D eigenvalue weighted by molar-refractivity contribution is 6.16. The van der Waals surface area contributed by atoms with E-state index in [1.165, 1.54) is 0 Å². The fourth-order valence-corrected chi connectivity index (χ4v) is 1.09. The van der Waals surface area contributed by atoms with Gasteiger partial charge in [0.1, 0.15) is 6.20 Å². The molecule has 3 nitrogen and oxygen atoms in total. The maximum absolute atomic E-state index is 5.58. The molecule has 0 aliphatic carbocycles. The number of aromatic nitrogens is 2. The zero-order chi connectivity index (χ0) is 9.10. The van der Waals surface area contributed by atoms with Gasteiger partial charge >= 0.3 is 0 Å². The molecule has 2 aromatic heterocycles. The van der Waals surface area contributed by atoms with Crippen molar-refractivity contribution in [3.8, 4) is 11.3 Å². The van der Waals surface area contributed by atoms with Gasteiger partial charge in [0.15, 0.2) is 5.76 Å². The van der Waals surface area contributed by atoms with Crippen molar-refractivity contribution in [2.45, 2.75) is 5.88 Å². The first-order valence-electron chi connectivity index (χ1n) is 3.75. The van der Waals surface area contributed by atoms with Crippen molar-refractivity contribution < 1.29 is 4.52 Å². The Hall–Kier alpha value is -1.35. The van der Waals surface area contributed by atoms with E-state index < -0.39 is 0 Å². The summed E-state index contributed by atoms with van der Waals surface area (Å²) in [6.07, 6.45) is 4.45. The molecule has 0 saturated carbocycles. The number of nitrogens with zero attached hydrogens (tertiary/aromatic N) is 2. The first-order valence-corrected chi connectivity index (χ1v) is 4.28. The highest BCUT2D eigenvalue weighted by Crippen LogP contribution is 2.18. The van der Waals surface area contributed by atoms with Crippen LogP contribution < -0.4 is 0 Å². The van der Waals surface area contributed by atoms with Crippen LogP contribution in [0.4, 0.5) is 0 Å². The number of halogens is 1. The Morgan fingerprint density at radius 1 is 1.54 bits per heavy atom. The third kappa shape index (κ3) is 1.70. The van der Waals surface area contributed by atoms with E-state index in [-0.39, 0.29) is 0 Å². The minimum Gasteiger partial charge on any atom is -0.356 e. The van der Waals surface area contributed by atoms with Gasteiger partial charge < -0.3 is 4.52 Å². The molecule has 0 saturated heterocycles. The van der Waals surface area contributed by atoms with E-state index in [2.05, 4.69) is 16.3 Å². The molecule has 1 radical (unpaired) electrons. The molecular weight excluding hydrogens is 188 g/mol. The van der Waals surface area contributed by atoms with Crippen molar-refractivity contribution in [3.05, 3.63) is 36.3 Å². The molecule has 0 aliphatic rings. The normalized spacial score (nSPS) is 10.2. The molecule has 0 N–H and O–H groups in total. The Balaban J connectivity index is 2.36. The van der Waals surface area contributed by atoms with Crippen molar-refractivity contribution >= 4 is 11.6 Å². The van der Waals surface area contributed by atoms with Gasteiger partial charge in [0, 0.05) is 17.8 Å². The van der Waals surface area contributed by atoms with Crippen LogP contribution in [0.3, 0.4) is 0 Å². The number of hydrogen-bond donors (Lipinski definition) is 0. The van der Waals surface area contributed by atoms with Crippen molar-refractivity contribution in [1.29, 1.82) is 0 Å². The second-order valence-electron chi connectivity index (χ2n) is 2.48. The first-order chi connectivity index (χ1) is 6.40. The summed E-state index contributed by atoms with van der Waals surface area (Å²) in [6.45, 7) is 0. The van der Waals surface area contributed by atoms with Crippen LogP contribution in [-0.4, -0.2) is 10.1 Å². The van der Waals surface area contributed by atoms with Crippen LogP contribution in [0.5, 0.6) is 0 Å². The van der Waals surface area contributed by atoms with Crippen LogP contribution in [0.1, 0.15) is 5.69 Å². The van der Waals surface area contributed by atoms with Gasteiger partial charge in [0.25, 0.3) is 0 Å². The SMILES string of the molecule is ClCc1cc(-c2[c]nccc2)on1. The molecular formula is C9H6ClN2O. The van der Waals surface area contributed by atoms with E-state index in [4.69, 9.17) is 16.1 Å². The van der Waals surface area contributed by atoms with E-state index >= 15 is 0 Å². The molecule has 0 spiro atoms. The topological polar surface area (TPSA) is 38.9 Å².